The van der Waals surface area contributed by atoms with E-state index in [-0.39, 0.29) is 5.75 Å². The van der Waals surface area contributed by atoms with Crippen LogP contribution in [0.5, 0.6) is 11.5 Å². The predicted molar refractivity (Wildman–Crippen MR) is 77.5 cm³/mol. The van der Waals surface area contributed by atoms with Gasteiger partial charge in [-0.25, -0.2) is 0 Å². The molecule has 18 heavy (non-hydrogen) atoms. The lowest BCUT2D eigenvalue weighted by Crippen LogP contribution is -2.29. The van der Waals surface area contributed by atoms with Crippen LogP contribution in [0.4, 0.5) is 0 Å². The van der Waals surface area contributed by atoms with Crippen LogP contribution in [0.2, 0.25) is 19.6 Å². The molecule has 0 aliphatic heterocycles. The molecule has 0 bridgehead atoms. The van der Waals surface area contributed by atoms with Gasteiger partial charge in [0.05, 0.1) is 0 Å². The molecule has 2 rings (SSSR count). The summed E-state index contributed by atoms with van der Waals surface area (Å²) in [5.74, 6) is 1.22. The van der Waals surface area contributed by atoms with Gasteiger partial charge in [0.15, 0.2) is 0 Å². The Morgan fingerprint density at radius 1 is 0.778 bits per heavy atom. The molecule has 3 heteroatoms. The van der Waals surface area contributed by atoms with Gasteiger partial charge in [-0.1, -0.05) is 24.3 Å². The van der Waals surface area contributed by atoms with Crippen LogP contribution >= 0.6 is 0 Å². The van der Waals surface area contributed by atoms with Crippen molar-refractivity contribution in [3.63, 3.8) is 0 Å². The Balaban J connectivity index is 2.20. The summed E-state index contributed by atoms with van der Waals surface area (Å²) in [6.45, 7) is 6.50. The minimum absolute atomic E-state index is 0.289. The van der Waals surface area contributed by atoms with Crippen molar-refractivity contribution in [1.29, 1.82) is 0 Å². The van der Waals surface area contributed by atoms with Gasteiger partial charge in [0, 0.05) is 0 Å². The number of aromatic hydroxyl groups is 1. The topological polar surface area (TPSA) is 29.5 Å². The zero-order chi connectivity index (χ0) is 13.2. The monoisotopic (exact) mass is 258 g/mol. The fraction of sp³-hybridized carbons (Fsp3) is 0.200. The summed E-state index contributed by atoms with van der Waals surface area (Å²) in [5.41, 5.74) is 2.21. The normalized spacial score (nSPS) is 11.3. The molecule has 94 valence electrons. The molecule has 0 radical (unpaired) electrons. The molecule has 0 fully saturated rings. The minimum Gasteiger partial charge on any atom is -0.544 e. The molecule has 2 nitrogen and oxygen atoms in total. The van der Waals surface area contributed by atoms with Crippen LogP contribution in [0.3, 0.4) is 0 Å². The van der Waals surface area contributed by atoms with Crippen LogP contribution < -0.4 is 4.43 Å². The Hall–Kier alpha value is -1.74. The number of hydrogen-bond donors (Lipinski definition) is 1. The van der Waals surface area contributed by atoms with Crippen molar-refractivity contribution in [2.75, 3.05) is 0 Å². The summed E-state index contributed by atoms with van der Waals surface area (Å²) < 4.78 is 5.91. The number of hydrogen-bond acceptors (Lipinski definition) is 2. The van der Waals surface area contributed by atoms with Crippen LogP contribution in [-0.4, -0.2) is 13.4 Å². The van der Waals surface area contributed by atoms with E-state index in [1.54, 1.807) is 12.1 Å². The highest BCUT2D eigenvalue weighted by Crippen LogP contribution is 2.25. The van der Waals surface area contributed by atoms with Gasteiger partial charge in [-0.15, -0.1) is 0 Å². The summed E-state index contributed by atoms with van der Waals surface area (Å²) in [6.07, 6.45) is 0. The third-order valence-electron chi connectivity index (χ3n) is 2.48. The molecular weight excluding hydrogens is 240 g/mol. The quantitative estimate of drug-likeness (QED) is 0.833. The van der Waals surface area contributed by atoms with Gasteiger partial charge in [0.2, 0.25) is 8.32 Å². The van der Waals surface area contributed by atoms with E-state index in [2.05, 4.69) is 19.6 Å². The molecule has 0 unspecified atom stereocenters. The number of rotatable bonds is 3. The van der Waals surface area contributed by atoms with Gasteiger partial charge in [-0.05, 0) is 55.0 Å². The van der Waals surface area contributed by atoms with Gasteiger partial charge >= 0.3 is 0 Å². The first-order chi connectivity index (χ1) is 8.44. The van der Waals surface area contributed by atoms with Gasteiger partial charge in [0.1, 0.15) is 11.5 Å². The molecule has 0 aliphatic rings. The van der Waals surface area contributed by atoms with Gasteiger partial charge in [-0.2, -0.15) is 0 Å². The Bertz CT molecular complexity index is 510. The van der Waals surface area contributed by atoms with Crippen molar-refractivity contribution in [3.05, 3.63) is 48.5 Å². The van der Waals surface area contributed by atoms with Crippen LogP contribution in [0, 0.1) is 0 Å². The molecule has 1 N–H and O–H groups in total. The fourth-order valence-corrected chi connectivity index (χ4v) is 2.57. The van der Waals surface area contributed by atoms with E-state index in [0.717, 1.165) is 16.9 Å². The number of phenolic OH excluding ortho intramolecular Hbond substituents is 1. The third-order valence-corrected chi connectivity index (χ3v) is 3.33. The van der Waals surface area contributed by atoms with Crippen molar-refractivity contribution in [2.45, 2.75) is 19.6 Å². The zero-order valence-corrected chi connectivity index (χ0v) is 12.0. The van der Waals surface area contributed by atoms with Crippen LogP contribution in [0.25, 0.3) is 11.1 Å². The molecule has 0 saturated carbocycles. The molecule has 0 heterocycles. The molecular formula is C15H18O2Si. The number of phenols is 1. The zero-order valence-electron chi connectivity index (χ0n) is 11.0. The van der Waals surface area contributed by atoms with Crippen molar-refractivity contribution in [3.8, 4) is 22.6 Å². The highest BCUT2D eigenvalue weighted by Gasteiger charge is 2.15. The lowest BCUT2D eigenvalue weighted by molar-refractivity contribution is 0.475. The standard InChI is InChI=1S/C15H18O2Si/c1-18(2,3)17-15-10-6-13(7-11-15)12-4-8-14(16)9-5-12/h4-11,16H,1-3H3. The average molecular weight is 258 g/mol. The summed E-state index contributed by atoms with van der Waals surface area (Å²) in [4.78, 5) is 0. The second-order valence-corrected chi connectivity index (χ2v) is 9.71. The molecule has 0 atom stereocenters. The second-order valence-electron chi connectivity index (χ2n) is 5.29. The fourth-order valence-electron chi connectivity index (χ4n) is 1.72. The van der Waals surface area contributed by atoms with E-state index >= 15 is 0 Å². The Morgan fingerprint density at radius 3 is 1.67 bits per heavy atom. The highest BCUT2D eigenvalue weighted by atomic mass is 28.4. The van der Waals surface area contributed by atoms with E-state index in [4.69, 9.17) is 4.43 Å². The van der Waals surface area contributed by atoms with Crippen LogP contribution in [-0.2, 0) is 0 Å². The summed E-state index contributed by atoms with van der Waals surface area (Å²) in [5, 5.41) is 9.26. The van der Waals surface area contributed by atoms with Crippen molar-refractivity contribution in [1.82, 2.24) is 0 Å². The van der Waals surface area contributed by atoms with E-state index in [1.807, 2.05) is 36.4 Å². The average Bonchev–Trinajstić information content (AvgIpc) is 2.29. The highest BCUT2D eigenvalue weighted by molar-refractivity contribution is 6.70. The third kappa shape index (κ3) is 3.37. The first kappa shape index (κ1) is 12.7. The van der Waals surface area contributed by atoms with Crippen LogP contribution in [0.15, 0.2) is 48.5 Å². The maximum Gasteiger partial charge on any atom is 0.242 e. The lowest BCUT2D eigenvalue weighted by atomic mass is 10.1. The predicted octanol–water partition coefficient (Wildman–Crippen LogP) is 4.27. The Morgan fingerprint density at radius 2 is 1.22 bits per heavy atom. The minimum atomic E-state index is -1.54. The van der Waals surface area contributed by atoms with E-state index in [1.165, 1.54) is 0 Å². The second kappa shape index (κ2) is 4.86. The van der Waals surface area contributed by atoms with E-state index in [9.17, 15) is 5.11 Å². The van der Waals surface area contributed by atoms with E-state index in [0.29, 0.717) is 0 Å². The summed E-state index contributed by atoms with van der Waals surface area (Å²) >= 11 is 0. The van der Waals surface area contributed by atoms with Gasteiger partial charge in [-0.3, -0.25) is 0 Å². The molecule has 2 aromatic carbocycles. The van der Waals surface area contributed by atoms with Crippen molar-refractivity contribution >= 4 is 8.32 Å². The molecule has 0 aliphatic carbocycles. The first-order valence-corrected chi connectivity index (χ1v) is 9.43. The molecule has 2 aromatic rings. The maximum absolute atomic E-state index is 9.26. The molecule has 0 aromatic heterocycles. The molecule has 0 amide bonds. The van der Waals surface area contributed by atoms with Crippen molar-refractivity contribution < 1.29 is 9.53 Å². The van der Waals surface area contributed by atoms with Crippen LogP contribution in [0.1, 0.15) is 0 Å². The summed E-state index contributed by atoms with van der Waals surface area (Å²) in [6, 6.07) is 15.3. The summed E-state index contributed by atoms with van der Waals surface area (Å²) in [7, 11) is -1.54. The van der Waals surface area contributed by atoms with Gasteiger partial charge < -0.3 is 9.53 Å². The molecule has 0 spiro atoms. The van der Waals surface area contributed by atoms with Crippen molar-refractivity contribution in [2.24, 2.45) is 0 Å². The Labute approximate surface area is 109 Å². The first-order valence-electron chi connectivity index (χ1n) is 6.02. The largest absolute Gasteiger partial charge is 0.544 e. The Kier molecular flexibility index (Phi) is 3.43. The SMILES string of the molecule is C[Si](C)(C)Oc1ccc(-c2ccc(O)cc2)cc1. The molecule has 0 saturated heterocycles. The smallest absolute Gasteiger partial charge is 0.242 e. The lowest BCUT2D eigenvalue weighted by Gasteiger charge is -2.19. The van der Waals surface area contributed by atoms with E-state index < -0.39 is 8.32 Å². The maximum atomic E-state index is 9.26. The van der Waals surface area contributed by atoms with Gasteiger partial charge in [0.25, 0.3) is 0 Å². The number of benzene rings is 2.